The highest BCUT2D eigenvalue weighted by atomic mass is 32.2. The van der Waals surface area contributed by atoms with Gasteiger partial charge in [-0.1, -0.05) is 0 Å². The van der Waals surface area contributed by atoms with E-state index in [9.17, 15) is 18.3 Å². The van der Waals surface area contributed by atoms with E-state index in [-0.39, 0.29) is 10.5 Å². The van der Waals surface area contributed by atoms with Crippen LogP contribution in [0.3, 0.4) is 0 Å². The largest absolute Gasteiger partial charge is 0.478 e. The molecule has 1 aromatic carbocycles. The fourth-order valence-electron chi connectivity index (χ4n) is 2.14. The molecule has 0 amide bonds. The minimum Gasteiger partial charge on any atom is -0.478 e. The number of nitrogens with two attached hydrogens (primary N) is 1. The molecule has 1 aliphatic rings. The smallest absolute Gasteiger partial charge is 0.337 e. The van der Waals surface area contributed by atoms with Gasteiger partial charge >= 0.3 is 5.97 Å². The van der Waals surface area contributed by atoms with E-state index >= 15 is 0 Å². The van der Waals surface area contributed by atoms with Crippen LogP contribution in [0.1, 0.15) is 29.6 Å². The van der Waals surface area contributed by atoms with Gasteiger partial charge in [-0.3, -0.25) is 0 Å². The number of hydrogen-bond donors (Lipinski definition) is 2. The van der Waals surface area contributed by atoms with Crippen molar-refractivity contribution in [3.63, 3.8) is 0 Å². The van der Waals surface area contributed by atoms with Gasteiger partial charge in [-0.2, -0.15) is 0 Å². The summed E-state index contributed by atoms with van der Waals surface area (Å²) in [4.78, 5) is 13.0. The molecule has 0 heterocycles. The van der Waals surface area contributed by atoms with Crippen LogP contribution in [0.2, 0.25) is 0 Å². The molecule has 0 spiro atoms. The summed E-state index contributed by atoms with van der Waals surface area (Å²) in [6.07, 6.45) is 3.17. The van der Waals surface area contributed by atoms with E-state index in [1.807, 2.05) is 11.9 Å². The topological polar surface area (TPSA) is 101 Å². The standard InChI is InChI=1S/C12H16N2O4S/c1-14(8-3-2-4-8)11-6-5-9(19(13,17)18)7-10(11)12(15)16/h5-8H,2-4H2,1H3,(H,15,16)(H2,13,17,18). The maximum Gasteiger partial charge on any atom is 0.337 e. The van der Waals surface area contributed by atoms with Gasteiger partial charge in [0.05, 0.1) is 16.1 Å². The first-order valence-corrected chi connectivity index (χ1v) is 7.48. The lowest BCUT2D eigenvalue weighted by atomic mass is 9.91. The average Bonchev–Trinajstić information content (AvgIpc) is 2.24. The lowest BCUT2D eigenvalue weighted by molar-refractivity contribution is 0.0697. The summed E-state index contributed by atoms with van der Waals surface area (Å²) in [6, 6.07) is 4.27. The molecule has 1 saturated carbocycles. The molecule has 6 nitrogen and oxygen atoms in total. The molecule has 0 aromatic heterocycles. The number of rotatable bonds is 4. The van der Waals surface area contributed by atoms with Gasteiger partial charge in [0.25, 0.3) is 0 Å². The van der Waals surface area contributed by atoms with Crippen molar-refractivity contribution in [1.29, 1.82) is 0 Å². The molecule has 1 fully saturated rings. The third-order valence-electron chi connectivity index (χ3n) is 3.53. The Morgan fingerprint density at radius 3 is 2.47 bits per heavy atom. The van der Waals surface area contributed by atoms with Gasteiger partial charge in [-0.25, -0.2) is 18.4 Å². The Morgan fingerprint density at radius 1 is 1.42 bits per heavy atom. The second kappa shape index (κ2) is 4.82. The first-order valence-electron chi connectivity index (χ1n) is 5.93. The number of carbonyl (C=O) groups is 1. The van der Waals surface area contributed by atoms with E-state index in [1.165, 1.54) is 12.1 Å². The molecule has 104 valence electrons. The number of hydrogen-bond acceptors (Lipinski definition) is 4. The molecule has 0 atom stereocenters. The van der Waals surface area contributed by atoms with Gasteiger partial charge in [0, 0.05) is 13.1 Å². The Hall–Kier alpha value is -1.60. The normalized spacial score (nSPS) is 15.9. The summed E-state index contributed by atoms with van der Waals surface area (Å²) in [5.41, 5.74) is 0.477. The van der Waals surface area contributed by atoms with Gasteiger partial charge in [0.1, 0.15) is 0 Å². The van der Waals surface area contributed by atoms with Crippen LogP contribution in [-0.2, 0) is 10.0 Å². The lowest BCUT2D eigenvalue weighted by Gasteiger charge is -2.37. The first kappa shape index (κ1) is 13.8. The molecule has 0 radical (unpaired) electrons. The summed E-state index contributed by atoms with van der Waals surface area (Å²) in [5, 5.41) is 14.2. The number of aromatic carboxylic acids is 1. The molecular formula is C12H16N2O4S. The zero-order chi connectivity index (χ0) is 14.2. The maximum atomic E-state index is 11.3. The lowest BCUT2D eigenvalue weighted by Crippen LogP contribution is -2.38. The third kappa shape index (κ3) is 2.71. The number of primary sulfonamides is 1. The van der Waals surface area contributed by atoms with E-state index in [0.717, 1.165) is 25.3 Å². The number of sulfonamides is 1. The highest BCUT2D eigenvalue weighted by molar-refractivity contribution is 7.89. The van der Waals surface area contributed by atoms with E-state index in [2.05, 4.69) is 0 Å². The van der Waals surface area contributed by atoms with Crippen molar-refractivity contribution in [2.75, 3.05) is 11.9 Å². The quantitative estimate of drug-likeness (QED) is 0.859. The van der Waals surface area contributed by atoms with Gasteiger partial charge in [0.2, 0.25) is 10.0 Å². The molecular weight excluding hydrogens is 268 g/mol. The number of carboxylic acids is 1. The second-order valence-electron chi connectivity index (χ2n) is 4.72. The Labute approximate surface area is 111 Å². The predicted octanol–water partition coefficient (Wildman–Crippen LogP) is 1.02. The first-order chi connectivity index (χ1) is 8.80. The Balaban J connectivity index is 2.46. The number of nitrogens with zero attached hydrogens (tertiary/aromatic N) is 1. The summed E-state index contributed by atoms with van der Waals surface area (Å²) < 4.78 is 22.5. The van der Waals surface area contributed by atoms with Crippen molar-refractivity contribution in [2.45, 2.75) is 30.2 Å². The van der Waals surface area contributed by atoms with Gasteiger partial charge in [-0.15, -0.1) is 0 Å². The Kier molecular flexibility index (Phi) is 3.51. The van der Waals surface area contributed by atoms with E-state index < -0.39 is 16.0 Å². The SMILES string of the molecule is CN(c1ccc(S(N)(=O)=O)cc1C(=O)O)C1CCC1. The van der Waals surface area contributed by atoms with Crippen LogP contribution < -0.4 is 10.0 Å². The van der Waals surface area contributed by atoms with Gasteiger partial charge < -0.3 is 10.0 Å². The van der Waals surface area contributed by atoms with Crippen LogP contribution in [0.25, 0.3) is 0 Å². The average molecular weight is 284 g/mol. The number of carboxylic acid groups (broad SMARTS) is 1. The van der Waals surface area contributed by atoms with E-state index in [0.29, 0.717) is 11.7 Å². The zero-order valence-electron chi connectivity index (χ0n) is 10.5. The van der Waals surface area contributed by atoms with Crippen LogP contribution in [0.4, 0.5) is 5.69 Å². The Bertz CT molecular complexity index is 608. The van der Waals surface area contributed by atoms with Crippen molar-refractivity contribution in [3.8, 4) is 0 Å². The predicted molar refractivity (Wildman–Crippen MR) is 70.8 cm³/mol. The summed E-state index contributed by atoms with van der Waals surface area (Å²) in [7, 11) is -2.07. The number of anilines is 1. The molecule has 0 bridgehead atoms. The van der Waals surface area contributed by atoms with Crippen LogP contribution in [0.5, 0.6) is 0 Å². The van der Waals surface area contributed by atoms with Crippen LogP contribution >= 0.6 is 0 Å². The monoisotopic (exact) mass is 284 g/mol. The fourth-order valence-corrected chi connectivity index (χ4v) is 2.68. The van der Waals surface area contributed by atoms with Gasteiger partial charge in [-0.05, 0) is 37.5 Å². The third-order valence-corrected chi connectivity index (χ3v) is 4.44. The Morgan fingerprint density at radius 2 is 2.05 bits per heavy atom. The van der Waals surface area contributed by atoms with Crippen molar-refractivity contribution in [3.05, 3.63) is 23.8 Å². The molecule has 0 unspecified atom stereocenters. The maximum absolute atomic E-state index is 11.3. The highest BCUT2D eigenvalue weighted by Crippen LogP contribution is 2.31. The molecule has 1 aromatic rings. The molecule has 19 heavy (non-hydrogen) atoms. The molecule has 0 saturated heterocycles. The fraction of sp³-hybridized carbons (Fsp3) is 0.417. The van der Waals surface area contributed by atoms with Crippen LogP contribution in [-0.4, -0.2) is 32.6 Å². The molecule has 7 heteroatoms. The second-order valence-corrected chi connectivity index (χ2v) is 6.29. The summed E-state index contributed by atoms with van der Waals surface area (Å²) >= 11 is 0. The van der Waals surface area contributed by atoms with Crippen LogP contribution in [0.15, 0.2) is 23.1 Å². The number of benzene rings is 1. The summed E-state index contributed by atoms with van der Waals surface area (Å²) in [5.74, 6) is -1.16. The molecule has 1 aliphatic carbocycles. The minimum atomic E-state index is -3.89. The molecule has 3 N–H and O–H groups in total. The molecule has 0 aliphatic heterocycles. The van der Waals surface area contributed by atoms with Crippen LogP contribution in [0, 0.1) is 0 Å². The zero-order valence-corrected chi connectivity index (χ0v) is 11.4. The highest BCUT2D eigenvalue weighted by Gasteiger charge is 2.26. The van der Waals surface area contributed by atoms with Crippen molar-refractivity contribution in [1.82, 2.24) is 0 Å². The molecule has 2 rings (SSSR count). The summed E-state index contributed by atoms with van der Waals surface area (Å²) in [6.45, 7) is 0. The van der Waals surface area contributed by atoms with Crippen molar-refractivity contribution >= 4 is 21.7 Å². The van der Waals surface area contributed by atoms with E-state index in [4.69, 9.17) is 5.14 Å². The van der Waals surface area contributed by atoms with Crippen molar-refractivity contribution in [2.24, 2.45) is 5.14 Å². The van der Waals surface area contributed by atoms with Gasteiger partial charge in [0.15, 0.2) is 0 Å². The minimum absolute atomic E-state index is 0.0408. The van der Waals surface area contributed by atoms with E-state index in [1.54, 1.807) is 0 Å². The van der Waals surface area contributed by atoms with Crippen molar-refractivity contribution < 1.29 is 18.3 Å².